The number of hydrogen-bond acceptors (Lipinski definition) is 7. The number of fused-ring (bicyclic) bond motifs is 1. The number of rotatable bonds is 6. The molecule has 0 atom stereocenters. The third kappa shape index (κ3) is 4.31. The lowest BCUT2D eigenvalue weighted by molar-refractivity contribution is 0.813. The minimum absolute atomic E-state index is 0.266. The van der Waals surface area contributed by atoms with Crippen molar-refractivity contribution >= 4 is 16.7 Å². The van der Waals surface area contributed by atoms with E-state index < -0.39 is 0 Å². The van der Waals surface area contributed by atoms with Gasteiger partial charge < -0.3 is 0 Å². The van der Waals surface area contributed by atoms with Gasteiger partial charge in [-0.3, -0.25) is 15.0 Å². The maximum Gasteiger partial charge on any atom is 0.163 e. The molecule has 0 saturated carbocycles. The molecular weight excluding hydrogens is 422 g/mol. The van der Waals surface area contributed by atoms with Crippen LogP contribution in [-0.4, -0.2) is 19.9 Å². The molecule has 3 heterocycles. The van der Waals surface area contributed by atoms with Gasteiger partial charge in [-0.2, -0.15) is 5.26 Å². The van der Waals surface area contributed by atoms with Crippen molar-refractivity contribution in [1.29, 1.82) is 5.26 Å². The first-order chi connectivity index (χ1) is 16.7. The van der Waals surface area contributed by atoms with Crippen LogP contribution < -0.4 is 10.9 Å². The summed E-state index contributed by atoms with van der Waals surface area (Å²) in [6.45, 7) is 0.377. The largest absolute Gasteiger partial charge is 0.288 e. The number of hydrazine groups is 1. The summed E-state index contributed by atoms with van der Waals surface area (Å²) in [5.74, 6) is 7.70. The lowest BCUT2D eigenvalue weighted by atomic mass is 10.0. The highest BCUT2D eigenvalue weighted by atomic mass is 15.4. The van der Waals surface area contributed by atoms with E-state index in [1.54, 1.807) is 23.6 Å². The van der Waals surface area contributed by atoms with E-state index in [4.69, 9.17) is 21.1 Å². The van der Waals surface area contributed by atoms with Gasteiger partial charge in [-0.05, 0) is 41.0 Å². The molecule has 0 amide bonds. The molecule has 0 spiro atoms. The third-order valence-corrected chi connectivity index (χ3v) is 5.46. The quantitative estimate of drug-likeness (QED) is 0.299. The number of hydrogen-bond donors (Lipinski definition) is 1. The lowest BCUT2D eigenvalue weighted by Crippen LogP contribution is -2.32. The molecule has 0 bridgehead atoms. The zero-order valence-corrected chi connectivity index (χ0v) is 18.3. The van der Waals surface area contributed by atoms with Gasteiger partial charge in [0.05, 0.1) is 35.6 Å². The van der Waals surface area contributed by atoms with Crippen LogP contribution in [0, 0.1) is 11.3 Å². The van der Waals surface area contributed by atoms with E-state index in [9.17, 15) is 0 Å². The Kier molecular flexibility index (Phi) is 5.89. The number of benzene rings is 2. The van der Waals surface area contributed by atoms with E-state index in [2.05, 4.69) is 28.2 Å². The van der Waals surface area contributed by atoms with Crippen molar-refractivity contribution < 1.29 is 0 Å². The summed E-state index contributed by atoms with van der Waals surface area (Å²) >= 11 is 0. The minimum Gasteiger partial charge on any atom is -0.288 e. The molecule has 0 unspecified atom stereocenters. The molecule has 7 heteroatoms. The van der Waals surface area contributed by atoms with Crippen LogP contribution >= 0.6 is 0 Å². The standard InChI is InChI=1S/C27H21N7/c28-13-12-19-15-21(17-30-16-19)26-32-24-11-6-10-23(20-7-2-1-3-8-20)25(24)27(33-26)34(29)18-22-9-4-5-14-31-22/h1-11,14-17H,12,18,29H2. The molecular formula is C27H21N7. The van der Waals surface area contributed by atoms with Crippen LogP contribution in [0.25, 0.3) is 33.4 Å². The predicted octanol–water partition coefficient (Wildman–Crippen LogP) is 4.70. The Bertz CT molecular complexity index is 1480. The Balaban J connectivity index is 1.71. The zero-order chi connectivity index (χ0) is 23.3. The van der Waals surface area contributed by atoms with Crippen molar-refractivity contribution in [3.05, 3.63) is 103 Å². The van der Waals surface area contributed by atoms with Crippen LogP contribution in [0.15, 0.2) is 91.4 Å². The average molecular weight is 444 g/mol. The summed E-state index contributed by atoms with van der Waals surface area (Å²) in [7, 11) is 0. The number of nitrogens with zero attached hydrogens (tertiary/aromatic N) is 6. The van der Waals surface area contributed by atoms with Crippen molar-refractivity contribution in [2.75, 3.05) is 5.01 Å². The fraction of sp³-hybridized carbons (Fsp3) is 0.0741. The molecule has 0 aliphatic heterocycles. The van der Waals surface area contributed by atoms with Gasteiger partial charge in [0.25, 0.3) is 0 Å². The van der Waals surface area contributed by atoms with Crippen molar-refractivity contribution in [1.82, 2.24) is 19.9 Å². The van der Waals surface area contributed by atoms with Crippen LogP contribution in [0.2, 0.25) is 0 Å². The molecule has 2 N–H and O–H groups in total. The highest BCUT2D eigenvalue weighted by molar-refractivity contribution is 6.02. The Labute approximate surface area is 197 Å². The van der Waals surface area contributed by atoms with Gasteiger partial charge in [-0.1, -0.05) is 48.5 Å². The normalized spacial score (nSPS) is 10.7. The summed E-state index contributed by atoms with van der Waals surface area (Å²) in [5, 5.41) is 11.5. The minimum atomic E-state index is 0.266. The Morgan fingerprint density at radius 2 is 1.74 bits per heavy atom. The molecule has 0 aliphatic rings. The monoisotopic (exact) mass is 443 g/mol. The van der Waals surface area contributed by atoms with Crippen LogP contribution in [0.3, 0.4) is 0 Å². The van der Waals surface area contributed by atoms with Crippen LogP contribution in [0.4, 0.5) is 5.82 Å². The lowest BCUT2D eigenvalue weighted by Gasteiger charge is -2.21. The molecule has 0 radical (unpaired) electrons. The molecule has 0 aliphatic carbocycles. The van der Waals surface area contributed by atoms with E-state index >= 15 is 0 Å². The van der Waals surface area contributed by atoms with Gasteiger partial charge in [0.2, 0.25) is 0 Å². The molecule has 0 saturated heterocycles. The van der Waals surface area contributed by atoms with Crippen LogP contribution in [-0.2, 0) is 13.0 Å². The van der Waals surface area contributed by atoms with E-state index in [-0.39, 0.29) is 6.42 Å². The second kappa shape index (κ2) is 9.45. The summed E-state index contributed by atoms with van der Waals surface area (Å²) in [6.07, 6.45) is 5.39. The Morgan fingerprint density at radius 1 is 0.882 bits per heavy atom. The number of anilines is 1. The van der Waals surface area contributed by atoms with Gasteiger partial charge in [0.15, 0.2) is 11.6 Å². The number of aromatic nitrogens is 4. The molecule has 7 nitrogen and oxygen atoms in total. The molecule has 5 rings (SSSR count). The maximum absolute atomic E-state index is 9.08. The molecule has 3 aromatic heterocycles. The van der Waals surface area contributed by atoms with E-state index in [1.807, 2.05) is 60.7 Å². The smallest absolute Gasteiger partial charge is 0.163 e. The Morgan fingerprint density at radius 3 is 2.53 bits per heavy atom. The highest BCUT2D eigenvalue weighted by Gasteiger charge is 2.18. The van der Waals surface area contributed by atoms with Crippen LogP contribution in [0.1, 0.15) is 11.3 Å². The van der Waals surface area contributed by atoms with Gasteiger partial charge >= 0.3 is 0 Å². The summed E-state index contributed by atoms with van der Waals surface area (Å²) in [5.41, 5.74) is 5.17. The fourth-order valence-corrected chi connectivity index (χ4v) is 3.90. The van der Waals surface area contributed by atoms with Crippen molar-refractivity contribution in [2.45, 2.75) is 13.0 Å². The number of nitrogens with two attached hydrogens (primary N) is 1. The first-order valence-corrected chi connectivity index (χ1v) is 10.8. The van der Waals surface area contributed by atoms with Crippen molar-refractivity contribution in [3.8, 4) is 28.6 Å². The van der Waals surface area contributed by atoms with E-state index in [0.29, 0.717) is 18.2 Å². The average Bonchev–Trinajstić information content (AvgIpc) is 2.89. The highest BCUT2D eigenvalue weighted by Crippen LogP contribution is 2.35. The SMILES string of the molecule is N#CCc1cncc(-c2nc(N(N)Cc3ccccn3)c3c(-c4ccccc4)cccc3n2)c1. The molecule has 2 aromatic carbocycles. The number of pyridine rings is 2. The van der Waals surface area contributed by atoms with Crippen molar-refractivity contribution in [2.24, 2.45) is 5.84 Å². The predicted molar refractivity (Wildman–Crippen MR) is 132 cm³/mol. The zero-order valence-electron chi connectivity index (χ0n) is 18.3. The van der Waals surface area contributed by atoms with Crippen molar-refractivity contribution in [3.63, 3.8) is 0 Å². The summed E-state index contributed by atoms with van der Waals surface area (Å²) in [4.78, 5) is 18.4. The second-order valence-corrected chi connectivity index (χ2v) is 7.80. The van der Waals surface area contributed by atoms with Gasteiger partial charge in [-0.25, -0.2) is 15.8 Å². The second-order valence-electron chi connectivity index (χ2n) is 7.80. The fourth-order valence-electron chi connectivity index (χ4n) is 3.90. The van der Waals surface area contributed by atoms with E-state index in [1.165, 1.54) is 0 Å². The molecule has 5 aromatic rings. The van der Waals surface area contributed by atoms with Gasteiger partial charge in [0.1, 0.15) is 0 Å². The Hall–Kier alpha value is -4.67. The maximum atomic E-state index is 9.08. The third-order valence-electron chi connectivity index (χ3n) is 5.46. The van der Waals surface area contributed by atoms with Crippen LogP contribution in [0.5, 0.6) is 0 Å². The van der Waals surface area contributed by atoms with Gasteiger partial charge in [0, 0.05) is 24.2 Å². The molecule has 34 heavy (non-hydrogen) atoms. The number of nitriles is 1. The first-order valence-electron chi connectivity index (χ1n) is 10.8. The topological polar surface area (TPSA) is 105 Å². The molecule has 164 valence electrons. The van der Waals surface area contributed by atoms with E-state index in [0.717, 1.165) is 38.9 Å². The first kappa shape index (κ1) is 21.2. The summed E-state index contributed by atoms with van der Waals surface area (Å²) in [6, 6.07) is 25.9. The summed E-state index contributed by atoms with van der Waals surface area (Å²) < 4.78 is 0. The van der Waals surface area contributed by atoms with Gasteiger partial charge in [-0.15, -0.1) is 0 Å². The molecule has 0 fully saturated rings.